The third kappa shape index (κ3) is 3.59. The third-order valence-electron chi connectivity index (χ3n) is 3.55. The van der Waals surface area contributed by atoms with Gasteiger partial charge in [0.1, 0.15) is 11.6 Å². The molecule has 0 saturated carbocycles. The maximum absolute atomic E-state index is 13.7. The second-order valence-corrected chi connectivity index (χ2v) is 6.14. The fraction of sp³-hybridized carbons (Fsp3) is 0.467. The van der Waals surface area contributed by atoms with Gasteiger partial charge >= 0.3 is 0 Å². The first-order valence-electron chi connectivity index (χ1n) is 6.76. The molecule has 1 aromatic rings. The number of rotatable bonds is 4. The largest absolute Gasteiger partial charge is 0.506 e. The Morgan fingerprint density at radius 2 is 2.15 bits per heavy atom. The van der Waals surface area contributed by atoms with Gasteiger partial charge in [0, 0.05) is 37.8 Å². The van der Waals surface area contributed by atoms with Gasteiger partial charge in [0.25, 0.3) is 0 Å². The zero-order valence-electron chi connectivity index (χ0n) is 11.6. The van der Waals surface area contributed by atoms with Gasteiger partial charge in [-0.05, 0) is 41.4 Å². The maximum Gasteiger partial charge on any atom is 0.134 e. The molecule has 20 heavy (non-hydrogen) atoms. The predicted octanol–water partition coefficient (Wildman–Crippen LogP) is 3.21. The molecule has 1 aliphatic rings. The molecule has 1 atom stereocenters. The molecule has 2 N–H and O–H groups in total. The van der Waals surface area contributed by atoms with Crippen LogP contribution in [0.4, 0.5) is 4.39 Å². The molecule has 110 valence electrons. The second kappa shape index (κ2) is 6.70. The molecule has 3 nitrogen and oxygen atoms in total. The molecule has 0 spiro atoms. The minimum Gasteiger partial charge on any atom is -0.506 e. The number of benzene rings is 1. The van der Waals surface area contributed by atoms with Crippen molar-refractivity contribution in [1.82, 2.24) is 10.2 Å². The van der Waals surface area contributed by atoms with Gasteiger partial charge < -0.3 is 10.4 Å². The first-order valence-corrected chi connectivity index (χ1v) is 7.55. The number of aromatic hydroxyl groups is 1. The van der Waals surface area contributed by atoms with Crippen LogP contribution < -0.4 is 5.32 Å². The minimum absolute atomic E-state index is 0.0402. The first-order chi connectivity index (χ1) is 9.49. The van der Waals surface area contributed by atoms with E-state index in [1.54, 1.807) is 0 Å². The summed E-state index contributed by atoms with van der Waals surface area (Å²) in [7, 11) is 0. The van der Waals surface area contributed by atoms with E-state index in [4.69, 9.17) is 0 Å². The molecule has 0 unspecified atom stereocenters. The molecule has 2 rings (SSSR count). The lowest BCUT2D eigenvalue weighted by molar-refractivity contribution is 0.169. The van der Waals surface area contributed by atoms with Gasteiger partial charge in [-0.1, -0.05) is 5.57 Å². The summed E-state index contributed by atoms with van der Waals surface area (Å²) in [6.07, 6.45) is 0.712. The van der Waals surface area contributed by atoms with Gasteiger partial charge in [-0.25, -0.2) is 4.39 Å². The number of nitrogens with zero attached hydrogens (tertiary/aromatic N) is 1. The van der Waals surface area contributed by atoms with Crippen molar-refractivity contribution in [3.05, 3.63) is 40.1 Å². The Kier molecular flexibility index (Phi) is 5.18. The lowest BCUT2D eigenvalue weighted by Gasteiger charge is -2.35. The van der Waals surface area contributed by atoms with E-state index in [2.05, 4.69) is 32.7 Å². The summed E-state index contributed by atoms with van der Waals surface area (Å²) in [6.45, 7) is 9.49. The lowest BCUT2D eigenvalue weighted by Crippen LogP contribution is -2.45. The van der Waals surface area contributed by atoms with Crippen LogP contribution in [0.1, 0.15) is 24.9 Å². The Balaban J connectivity index is 2.37. The molecule has 0 aliphatic carbocycles. The molecule has 0 bridgehead atoms. The summed E-state index contributed by atoms with van der Waals surface area (Å²) in [5.41, 5.74) is 1.65. The second-order valence-electron chi connectivity index (χ2n) is 5.29. The molecular weight excluding hydrogens is 323 g/mol. The van der Waals surface area contributed by atoms with Crippen LogP contribution in [0.15, 0.2) is 28.8 Å². The predicted molar refractivity (Wildman–Crippen MR) is 82.4 cm³/mol. The van der Waals surface area contributed by atoms with Crippen molar-refractivity contribution in [1.29, 1.82) is 0 Å². The normalized spacial score (nSPS) is 17.9. The van der Waals surface area contributed by atoms with E-state index in [0.29, 0.717) is 16.5 Å². The fourth-order valence-corrected chi connectivity index (χ4v) is 3.05. The van der Waals surface area contributed by atoms with Gasteiger partial charge in [0.15, 0.2) is 0 Å². The van der Waals surface area contributed by atoms with E-state index in [1.165, 1.54) is 12.1 Å². The summed E-state index contributed by atoms with van der Waals surface area (Å²) in [6, 6.07) is 2.67. The zero-order chi connectivity index (χ0) is 14.7. The summed E-state index contributed by atoms with van der Waals surface area (Å²) < 4.78 is 14.1. The summed E-state index contributed by atoms with van der Waals surface area (Å²) in [5, 5.41) is 13.6. The van der Waals surface area contributed by atoms with Crippen molar-refractivity contribution >= 4 is 15.9 Å². The number of phenolic OH excluding ortho intramolecular Hbond substituents is 1. The van der Waals surface area contributed by atoms with Crippen molar-refractivity contribution in [2.75, 3.05) is 26.2 Å². The molecule has 0 radical (unpaired) electrons. The molecule has 5 heteroatoms. The average Bonchev–Trinajstić information content (AvgIpc) is 2.41. The van der Waals surface area contributed by atoms with E-state index in [-0.39, 0.29) is 17.6 Å². The summed E-state index contributed by atoms with van der Waals surface area (Å²) in [4.78, 5) is 2.27. The molecular formula is C15H20BrFN2O. The monoisotopic (exact) mass is 342 g/mol. The highest BCUT2D eigenvalue weighted by Gasteiger charge is 2.26. The summed E-state index contributed by atoms with van der Waals surface area (Å²) in [5.74, 6) is -0.220. The van der Waals surface area contributed by atoms with Crippen LogP contribution in [0.5, 0.6) is 5.75 Å². The first kappa shape index (κ1) is 15.5. The topological polar surface area (TPSA) is 35.5 Å². The van der Waals surface area contributed by atoms with Gasteiger partial charge in [-0.3, -0.25) is 4.90 Å². The minimum atomic E-state index is -0.341. The van der Waals surface area contributed by atoms with E-state index < -0.39 is 0 Å². The number of halogens is 2. The Bertz CT molecular complexity index is 501. The summed E-state index contributed by atoms with van der Waals surface area (Å²) >= 11 is 3.21. The van der Waals surface area contributed by atoms with Crippen molar-refractivity contribution in [3.63, 3.8) is 0 Å². The van der Waals surface area contributed by atoms with E-state index in [0.717, 1.165) is 31.8 Å². The van der Waals surface area contributed by atoms with Crippen LogP contribution >= 0.6 is 15.9 Å². The standard InChI is InChI=1S/C15H20BrFN2O/c1-10(2)7-14(19-5-3-18-4-6-19)12-8-11(17)9-13(16)15(12)20/h8-9,14,18,20H,1,3-7H2,2H3/t14-/m1/s1. The van der Waals surface area contributed by atoms with Crippen LogP contribution in [0.25, 0.3) is 0 Å². The number of piperazine rings is 1. The van der Waals surface area contributed by atoms with Crippen molar-refractivity contribution < 1.29 is 9.50 Å². The van der Waals surface area contributed by atoms with E-state index in [1.807, 2.05) is 6.92 Å². The number of phenols is 1. The fourth-order valence-electron chi connectivity index (χ4n) is 2.60. The van der Waals surface area contributed by atoms with Gasteiger partial charge in [-0.2, -0.15) is 0 Å². The third-order valence-corrected chi connectivity index (χ3v) is 4.16. The van der Waals surface area contributed by atoms with Crippen LogP contribution in [0.2, 0.25) is 0 Å². The van der Waals surface area contributed by atoms with Gasteiger partial charge in [-0.15, -0.1) is 6.58 Å². The van der Waals surface area contributed by atoms with Crippen LogP contribution in [-0.4, -0.2) is 36.2 Å². The Morgan fingerprint density at radius 3 is 2.75 bits per heavy atom. The van der Waals surface area contributed by atoms with Crippen molar-refractivity contribution in [2.45, 2.75) is 19.4 Å². The van der Waals surface area contributed by atoms with Gasteiger partial charge in [0.2, 0.25) is 0 Å². The van der Waals surface area contributed by atoms with Crippen LogP contribution in [-0.2, 0) is 0 Å². The molecule has 1 aromatic carbocycles. The number of nitrogens with one attached hydrogen (secondary N) is 1. The lowest BCUT2D eigenvalue weighted by atomic mass is 9.97. The van der Waals surface area contributed by atoms with Crippen LogP contribution in [0, 0.1) is 5.82 Å². The molecule has 1 heterocycles. The molecule has 1 saturated heterocycles. The smallest absolute Gasteiger partial charge is 0.134 e. The average molecular weight is 343 g/mol. The van der Waals surface area contributed by atoms with Gasteiger partial charge in [0.05, 0.1) is 4.47 Å². The highest BCUT2D eigenvalue weighted by atomic mass is 79.9. The number of hydrogen-bond acceptors (Lipinski definition) is 3. The van der Waals surface area contributed by atoms with Crippen molar-refractivity contribution in [3.8, 4) is 5.75 Å². The van der Waals surface area contributed by atoms with E-state index in [9.17, 15) is 9.50 Å². The molecule has 0 amide bonds. The Hall–Kier alpha value is -0.910. The molecule has 0 aromatic heterocycles. The Morgan fingerprint density at radius 1 is 1.50 bits per heavy atom. The molecule has 1 fully saturated rings. The maximum atomic E-state index is 13.7. The zero-order valence-corrected chi connectivity index (χ0v) is 13.2. The SMILES string of the molecule is C=C(C)C[C@H](c1cc(F)cc(Br)c1O)N1CCNCC1. The van der Waals surface area contributed by atoms with Crippen molar-refractivity contribution in [2.24, 2.45) is 0 Å². The van der Waals surface area contributed by atoms with Crippen LogP contribution in [0.3, 0.4) is 0 Å². The molecule has 1 aliphatic heterocycles. The highest BCUT2D eigenvalue weighted by molar-refractivity contribution is 9.10. The number of hydrogen-bond donors (Lipinski definition) is 2. The Labute approximate surface area is 127 Å². The quantitative estimate of drug-likeness (QED) is 0.824. The highest BCUT2D eigenvalue weighted by Crippen LogP contribution is 2.38. The van der Waals surface area contributed by atoms with E-state index >= 15 is 0 Å².